The lowest BCUT2D eigenvalue weighted by molar-refractivity contribution is -0.387. The number of rotatable bonds is 20. The van der Waals surface area contributed by atoms with Crippen molar-refractivity contribution in [2.45, 2.75) is 73.2 Å². The maximum atomic E-state index is 13.3. The van der Waals surface area contributed by atoms with E-state index >= 15 is 0 Å². The summed E-state index contributed by atoms with van der Waals surface area (Å²) in [6.45, 7) is -0.589. The smallest absolute Gasteiger partial charge is 0.364 e. The van der Waals surface area contributed by atoms with E-state index in [1.165, 1.54) is 12.1 Å². The van der Waals surface area contributed by atoms with Crippen molar-refractivity contribution in [3.63, 3.8) is 0 Å². The molecule has 0 unspecified atom stereocenters. The highest BCUT2D eigenvalue weighted by Gasteiger charge is 2.56. The van der Waals surface area contributed by atoms with Gasteiger partial charge in [-0.1, -0.05) is 36.0 Å². The van der Waals surface area contributed by atoms with Gasteiger partial charge in [0.15, 0.2) is 4.90 Å². The van der Waals surface area contributed by atoms with Crippen molar-refractivity contribution in [3.05, 3.63) is 65.3 Å². The maximum Gasteiger partial charge on any atom is 0.364 e. The van der Waals surface area contributed by atoms with E-state index in [4.69, 9.17) is 21.4 Å². The summed E-state index contributed by atoms with van der Waals surface area (Å²) in [6.07, 6.45) is -1.92. The molecule has 7 N–H and O–H groups in total. The van der Waals surface area contributed by atoms with Gasteiger partial charge < -0.3 is 40.5 Å². The number of aliphatic hydroxyl groups excluding tert-OH is 3. The van der Waals surface area contributed by atoms with Crippen molar-refractivity contribution in [1.29, 1.82) is 0 Å². The average molecular weight is 710 g/mol. The largest absolute Gasteiger partial charge is 0.477 e. The van der Waals surface area contributed by atoms with Gasteiger partial charge in [-0.15, -0.1) is 6.42 Å². The third-order valence-electron chi connectivity index (χ3n) is 7.59. The Balaban J connectivity index is 1.69. The van der Waals surface area contributed by atoms with Crippen LogP contribution in [0.25, 0.3) is 10.4 Å². The number of sulfonamides is 1. The Hall–Kier alpha value is -4.65. The lowest BCUT2D eigenvalue weighted by atomic mass is 9.89. The van der Waals surface area contributed by atoms with Crippen molar-refractivity contribution in [2.24, 2.45) is 5.11 Å². The van der Waals surface area contributed by atoms with E-state index in [2.05, 4.69) is 26.6 Å². The van der Waals surface area contributed by atoms with Gasteiger partial charge in [-0.05, 0) is 24.4 Å². The molecule has 21 heteroatoms. The number of hydrogen-bond donors (Lipinski definition) is 7. The monoisotopic (exact) mass is 709 g/mol. The van der Waals surface area contributed by atoms with Crippen LogP contribution in [0, 0.1) is 22.5 Å². The van der Waals surface area contributed by atoms with Gasteiger partial charge in [-0.25, -0.2) is 17.9 Å². The Morgan fingerprint density at radius 1 is 1.20 bits per heavy atom. The number of azide groups is 1. The van der Waals surface area contributed by atoms with Gasteiger partial charge in [-0.2, -0.15) is 0 Å². The van der Waals surface area contributed by atoms with Crippen molar-refractivity contribution in [1.82, 2.24) is 4.72 Å². The molecular weight excluding hydrogens is 674 g/mol. The standard InChI is InChI=1S/C28H35N7O13S/c1-2-11-30-21-22(25(40)24(21)39)31-12-7-3-4-8-13-47-28(27(41)42)14-17(36)20(26(48-28)23(38)18(37)15-32-34-29)33-49(45,46)19-10-6-5-9-16(19)35(43)44/h1,5-6,9-10,17-18,20,23,26,30-31,33,36-38H,3-4,7-8,11-15H2,(H,41,42)/t17-,18+,20+,23+,26+,28+/m0/s1. The minimum Gasteiger partial charge on any atom is -0.477 e. The first-order chi connectivity index (χ1) is 23.2. The lowest BCUT2D eigenvalue weighted by Gasteiger charge is -2.46. The second-order valence-electron chi connectivity index (χ2n) is 10.9. The highest BCUT2D eigenvalue weighted by molar-refractivity contribution is 7.89. The number of para-hydroxylation sites is 1. The number of carboxylic acid groups (broad SMARTS) is 1. The van der Waals surface area contributed by atoms with E-state index in [1.807, 2.05) is 4.72 Å². The minimum absolute atomic E-state index is 0.0723. The number of aliphatic carboxylic acids is 1. The zero-order valence-corrected chi connectivity index (χ0v) is 26.6. The first kappa shape index (κ1) is 38.8. The number of aliphatic hydroxyl groups is 3. The van der Waals surface area contributed by atoms with E-state index in [0.717, 1.165) is 12.1 Å². The fourth-order valence-corrected chi connectivity index (χ4v) is 6.56. The first-order valence-electron chi connectivity index (χ1n) is 14.8. The second-order valence-corrected chi connectivity index (χ2v) is 12.6. The zero-order valence-electron chi connectivity index (χ0n) is 25.8. The molecule has 2 aromatic carbocycles. The number of carboxylic acids is 1. The zero-order chi connectivity index (χ0) is 36.4. The Kier molecular flexibility index (Phi) is 13.6. The number of terminal acetylenes is 1. The summed E-state index contributed by atoms with van der Waals surface area (Å²) in [6, 6.07) is 2.39. The normalized spacial score (nSPS) is 22.0. The Labute approximate surface area is 278 Å². The number of nitrogens with one attached hydrogen (secondary N) is 3. The molecule has 0 aromatic heterocycles. The molecule has 3 rings (SSSR count). The van der Waals surface area contributed by atoms with Crippen LogP contribution in [0.15, 0.2) is 43.9 Å². The SMILES string of the molecule is C#CCNc1c(NCCCCCCO[C@]2(C(=O)O)C[C@H](O)[C@@H](NS(=O)(=O)c3ccccc3[N+](=O)[O-])[C@H]([C@H](O)[C@H](O)CN=[N+]=[N-])O2)c(=O)c1=O. The first-order valence-corrected chi connectivity index (χ1v) is 16.3. The average Bonchev–Trinajstić information content (AvgIpc) is 3.07. The Morgan fingerprint density at radius 2 is 1.86 bits per heavy atom. The van der Waals surface area contributed by atoms with Gasteiger partial charge in [0, 0.05) is 23.9 Å². The van der Waals surface area contributed by atoms with Gasteiger partial charge in [0.2, 0.25) is 10.0 Å². The molecule has 1 heterocycles. The number of nitro groups is 1. The molecule has 0 spiro atoms. The van der Waals surface area contributed by atoms with Crippen LogP contribution in [-0.4, -0.2) is 102 Å². The van der Waals surface area contributed by atoms with Crippen LogP contribution < -0.4 is 26.2 Å². The highest BCUT2D eigenvalue weighted by Crippen LogP contribution is 2.35. The summed E-state index contributed by atoms with van der Waals surface area (Å²) in [7, 11) is -4.83. The van der Waals surface area contributed by atoms with Crippen molar-refractivity contribution < 1.29 is 48.0 Å². The van der Waals surface area contributed by atoms with Crippen molar-refractivity contribution >= 4 is 33.1 Å². The topological polar surface area (TPSA) is 313 Å². The van der Waals surface area contributed by atoms with Gasteiger partial charge in [0.25, 0.3) is 22.3 Å². The minimum atomic E-state index is -4.83. The molecule has 1 saturated heterocycles. The third-order valence-corrected chi connectivity index (χ3v) is 9.10. The number of hydrogen-bond acceptors (Lipinski definition) is 15. The molecule has 49 heavy (non-hydrogen) atoms. The number of ether oxygens (including phenoxy) is 2. The van der Waals surface area contributed by atoms with Crippen molar-refractivity contribution in [3.8, 4) is 12.3 Å². The Morgan fingerprint density at radius 3 is 2.49 bits per heavy atom. The summed E-state index contributed by atoms with van der Waals surface area (Å²) in [5.74, 6) is -2.09. The van der Waals surface area contributed by atoms with Crippen LogP contribution in [0.2, 0.25) is 0 Å². The van der Waals surface area contributed by atoms with E-state index in [9.17, 15) is 53.3 Å². The predicted molar refractivity (Wildman–Crippen MR) is 171 cm³/mol. The number of nitro benzene ring substituents is 1. The van der Waals surface area contributed by atoms with Crippen LogP contribution in [0.3, 0.4) is 0 Å². The Bertz CT molecular complexity index is 1770. The van der Waals surface area contributed by atoms with Gasteiger partial charge in [-0.3, -0.25) is 19.7 Å². The van der Waals surface area contributed by atoms with Crippen molar-refractivity contribution in [2.75, 3.05) is 36.9 Å². The highest BCUT2D eigenvalue weighted by atomic mass is 32.2. The maximum absolute atomic E-state index is 13.3. The van der Waals surface area contributed by atoms with Crippen LogP contribution in [-0.2, 0) is 24.3 Å². The number of carbonyl (C=O) groups is 1. The van der Waals surface area contributed by atoms with E-state index < -0.39 is 91.6 Å². The summed E-state index contributed by atoms with van der Waals surface area (Å²) in [5.41, 5.74) is 6.73. The summed E-state index contributed by atoms with van der Waals surface area (Å²) in [4.78, 5) is 48.0. The van der Waals surface area contributed by atoms with Crippen LogP contribution in [0.1, 0.15) is 32.1 Å². The quantitative estimate of drug-likeness (QED) is 0.0134. The fourth-order valence-electron chi connectivity index (χ4n) is 5.11. The summed E-state index contributed by atoms with van der Waals surface area (Å²) >= 11 is 0. The van der Waals surface area contributed by atoms with Crippen LogP contribution in [0.4, 0.5) is 17.1 Å². The predicted octanol–water partition coefficient (Wildman–Crippen LogP) is -0.465. The molecule has 1 fully saturated rings. The molecule has 0 radical (unpaired) electrons. The second kappa shape index (κ2) is 17.1. The molecule has 2 aromatic rings. The molecule has 20 nitrogen and oxygen atoms in total. The molecule has 0 aliphatic carbocycles. The van der Waals surface area contributed by atoms with E-state index in [1.54, 1.807) is 0 Å². The molecule has 1 aliphatic rings. The summed E-state index contributed by atoms with van der Waals surface area (Å²) in [5, 5.41) is 62.6. The van der Waals surface area contributed by atoms with Crippen LogP contribution in [0.5, 0.6) is 0 Å². The van der Waals surface area contributed by atoms with E-state index in [0.29, 0.717) is 25.8 Å². The summed E-state index contributed by atoms with van der Waals surface area (Å²) < 4.78 is 39.7. The molecule has 0 amide bonds. The van der Waals surface area contributed by atoms with Gasteiger partial charge in [0.05, 0.1) is 42.9 Å². The van der Waals surface area contributed by atoms with E-state index in [-0.39, 0.29) is 30.9 Å². The lowest BCUT2D eigenvalue weighted by Crippen LogP contribution is -2.68. The number of anilines is 2. The molecule has 6 atom stereocenters. The van der Waals surface area contributed by atoms with Gasteiger partial charge >= 0.3 is 5.97 Å². The van der Waals surface area contributed by atoms with Gasteiger partial charge in [0.1, 0.15) is 23.6 Å². The molecular formula is C28H35N7O13S. The molecule has 266 valence electrons. The molecule has 0 saturated carbocycles. The number of nitrogens with zero attached hydrogens (tertiary/aromatic N) is 4. The molecule has 1 aliphatic heterocycles. The third kappa shape index (κ3) is 9.28. The number of unbranched alkanes of at least 4 members (excludes halogenated alkanes) is 3. The number of benzene rings is 1. The molecule has 0 bridgehead atoms. The van der Waals surface area contributed by atoms with Crippen LogP contribution >= 0.6 is 0 Å². The fraction of sp³-hybridized carbons (Fsp3) is 0.536.